The zero-order valence-corrected chi connectivity index (χ0v) is 20.2. The number of halogens is 1. The highest BCUT2D eigenvalue weighted by atomic mass is 35.5. The Bertz CT molecular complexity index is 768. The van der Waals surface area contributed by atoms with Crippen molar-refractivity contribution in [1.29, 1.82) is 0 Å². The summed E-state index contributed by atoms with van der Waals surface area (Å²) >= 11 is 5.99. The Balaban J connectivity index is 1.92. The maximum absolute atomic E-state index is 11.6. The Labute approximate surface area is 178 Å². The minimum absolute atomic E-state index is 0.0525. The van der Waals surface area contributed by atoms with E-state index in [-0.39, 0.29) is 16.1 Å². The van der Waals surface area contributed by atoms with Crippen LogP contribution in [-0.4, -0.2) is 56.2 Å². The lowest BCUT2D eigenvalue weighted by atomic mass is 9.99. The van der Waals surface area contributed by atoms with Crippen LogP contribution >= 0.6 is 11.6 Å². The van der Waals surface area contributed by atoms with Crippen molar-refractivity contribution in [2.24, 2.45) is 0 Å². The average Bonchev–Trinajstić information content (AvgIpc) is 3.04. The third kappa shape index (κ3) is 4.21. The Kier molecular flexibility index (Phi) is 5.88. The highest BCUT2D eigenvalue weighted by molar-refractivity contribution is 6.74. The number of nitrogens with zero attached hydrogens (tertiary/aromatic N) is 1. The average molecular weight is 446 g/mol. The quantitative estimate of drug-likeness (QED) is 0.545. The van der Waals surface area contributed by atoms with Gasteiger partial charge >= 0.3 is 0 Å². The van der Waals surface area contributed by atoms with E-state index in [0.29, 0.717) is 12.2 Å². The summed E-state index contributed by atoms with van der Waals surface area (Å²) in [4.78, 5) is 4.16. The van der Waals surface area contributed by atoms with Crippen LogP contribution < -0.4 is 4.74 Å². The summed E-state index contributed by atoms with van der Waals surface area (Å²) < 4.78 is 30.0. The van der Waals surface area contributed by atoms with Gasteiger partial charge in [-0.1, -0.05) is 32.4 Å². The molecule has 29 heavy (non-hydrogen) atoms. The lowest BCUT2D eigenvalue weighted by Crippen LogP contribution is -2.44. The number of rotatable bonds is 5. The number of hydrogen-bond acceptors (Lipinski definition) is 7. The number of aromatic nitrogens is 1. The van der Waals surface area contributed by atoms with Crippen LogP contribution in [0.4, 0.5) is 0 Å². The van der Waals surface area contributed by atoms with Crippen molar-refractivity contribution >= 4 is 19.9 Å². The molecule has 3 heterocycles. The number of fused-ring (bicyclic) bond motifs is 1. The van der Waals surface area contributed by atoms with Gasteiger partial charge in [0.1, 0.15) is 23.5 Å². The van der Waals surface area contributed by atoms with Crippen molar-refractivity contribution in [3.8, 4) is 5.88 Å². The van der Waals surface area contributed by atoms with Gasteiger partial charge in [-0.25, -0.2) is 4.98 Å². The minimum atomic E-state index is -2.02. The number of methoxy groups -OCH3 is 1. The van der Waals surface area contributed by atoms with Gasteiger partial charge in [0, 0.05) is 0 Å². The van der Waals surface area contributed by atoms with E-state index in [1.54, 1.807) is 12.1 Å². The molecule has 0 saturated carbocycles. The van der Waals surface area contributed by atoms with Gasteiger partial charge in [-0.15, -0.1) is 0 Å². The molecule has 3 rings (SSSR count). The van der Waals surface area contributed by atoms with E-state index < -0.39 is 38.2 Å². The Morgan fingerprint density at radius 1 is 1.21 bits per heavy atom. The molecule has 164 valence electrons. The van der Waals surface area contributed by atoms with Crippen molar-refractivity contribution < 1.29 is 28.5 Å². The smallest absolute Gasteiger partial charge is 0.228 e. The van der Waals surface area contributed by atoms with Crippen molar-refractivity contribution in [3.05, 3.63) is 22.8 Å². The van der Waals surface area contributed by atoms with Crippen LogP contribution in [-0.2, 0) is 24.4 Å². The lowest BCUT2D eigenvalue weighted by molar-refractivity contribution is -0.283. The number of pyridine rings is 1. The maximum atomic E-state index is 11.6. The zero-order valence-electron chi connectivity index (χ0n) is 18.4. The topological polar surface area (TPSA) is 79.3 Å². The van der Waals surface area contributed by atoms with Gasteiger partial charge in [-0.05, 0) is 44.1 Å². The monoisotopic (exact) mass is 445 g/mol. The van der Waals surface area contributed by atoms with Gasteiger partial charge in [0.15, 0.2) is 14.1 Å². The molecule has 2 saturated heterocycles. The number of ether oxygens (including phenoxy) is 4. The van der Waals surface area contributed by atoms with E-state index in [1.807, 2.05) is 13.8 Å². The van der Waals surface area contributed by atoms with Gasteiger partial charge in [-0.2, -0.15) is 0 Å². The fraction of sp³-hybridized carbons (Fsp3) is 0.750. The second kappa shape index (κ2) is 7.44. The van der Waals surface area contributed by atoms with Gasteiger partial charge < -0.3 is 28.5 Å². The molecule has 7 nitrogen and oxygen atoms in total. The molecule has 0 bridgehead atoms. The van der Waals surface area contributed by atoms with E-state index in [4.69, 9.17) is 35.0 Å². The fourth-order valence-electron chi connectivity index (χ4n) is 3.43. The highest BCUT2D eigenvalue weighted by Crippen LogP contribution is 2.50. The molecule has 0 spiro atoms. The van der Waals surface area contributed by atoms with Gasteiger partial charge in [0.05, 0.1) is 19.3 Å². The summed E-state index contributed by atoms with van der Waals surface area (Å²) in [6.07, 6.45) is -1.77. The molecule has 1 aromatic rings. The van der Waals surface area contributed by atoms with Gasteiger partial charge in [0.2, 0.25) is 11.7 Å². The maximum Gasteiger partial charge on any atom is 0.228 e. The third-order valence-corrected chi connectivity index (χ3v) is 10.7. The van der Waals surface area contributed by atoms with E-state index in [1.165, 1.54) is 7.11 Å². The fourth-order valence-corrected chi connectivity index (χ4v) is 4.58. The van der Waals surface area contributed by atoms with Crippen LogP contribution in [0.3, 0.4) is 0 Å². The first-order valence-electron chi connectivity index (χ1n) is 9.81. The van der Waals surface area contributed by atoms with Crippen molar-refractivity contribution in [2.75, 3.05) is 13.7 Å². The first kappa shape index (κ1) is 22.9. The minimum Gasteiger partial charge on any atom is -0.481 e. The molecule has 0 radical (unpaired) electrons. The molecule has 1 unspecified atom stereocenters. The summed E-state index contributed by atoms with van der Waals surface area (Å²) in [5.41, 5.74) is 0.343. The second-order valence-corrected chi connectivity index (χ2v) is 14.8. The third-order valence-electron chi connectivity index (χ3n) is 6.03. The zero-order chi connectivity index (χ0) is 21.8. The molecule has 1 N–H and O–H groups in total. The van der Waals surface area contributed by atoms with E-state index in [0.717, 1.165) is 0 Å². The molecule has 2 fully saturated rings. The SMILES string of the molecule is COc1nc(Cl)ccc1C1(O)O[C@H](CO[Si](C)(C)C(C)(C)C)[C@H]2OC(C)(C)O[C@H]21. The van der Waals surface area contributed by atoms with E-state index in [2.05, 4.69) is 38.8 Å². The molecule has 1 aromatic heterocycles. The van der Waals surface area contributed by atoms with Crippen LogP contribution in [0.1, 0.15) is 40.2 Å². The molecular weight excluding hydrogens is 414 g/mol. The Morgan fingerprint density at radius 3 is 2.45 bits per heavy atom. The van der Waals surface area contributed by atoms with E-state index in [9.17, 15) is 5.11 Å². The predicted octanol–water partition coefficient (Wildman–Crippen LogP) is 3.83. The summed E-state index contributed by atoms with van der Waals surface area (Å²) in [6, 6.07) is 3.22. The van der Waals surface area contributed by atoms with E-state index >= 15 is 0 Å². The molecule has 2 aliphatic heterocycles. The predicted molar refractivity (Wildman–Crippen MR) is 112 cm³/mol. The van der Waals surface area contributed by atoms with Gasteiger partial charge in [-0.3, -0.25) is 0 Å². The highest BCUT2D eigenvalue weighted by Gasteiger charge is 2.64. The molecule has 0 aliphatic carbocycles. The molecule has 2 aliphatic rings. The number of hydrogen-bond donors (Lipinski definition) is 1. The summed E-state index contributed by atoms with van der Waals surface area (Å²) in [6.45, 7) is 14.8. The molecule has 4 atom stereocenters. The van der Waals surface area contributed by atoms with Crippen molar-refractivity contribution in [2.45, 2.75) is 82.6 Å². The summed E-state index contributed by atoms with van der Waals surface area (Å²) in [5, 5.41) is 11.9. The normalized spacial score (nSPS) is 31.7. The van der Waals surface area contributed by atoms with Crippen molar-refractivity contribution in [3.63, 3.8) is 0 Å². The summed E-state index contributed by atoms with van der Waals surface area (Å²) in [7, 11) is -0.551. The number of aliphatic hydroxyl groups is 1. The summed E-state index contributed by atoms with van der Waals surface area (Å²) in [5.74, 6) is -2.49. The van der Waals surface area contributed by atoms with Crippen LogP contribution in [0.15, 0.2) is 12.1 Å². The Hall–Kier alpha value is -0.743. The molecular formula is C20H32ClNO6Si. The first-order valence-corrected chi connectivity index (χ1v) is 13.1. The van der Waals surface area contributed by atoms with Crippen molar-refractivity contribution in [1.82, 2.24) is 4.98 Å². The van der Waals surface area contributed by atoms with Crippen LogP contribution in [0.25, 0.3) is 0 Å². The molecule has 0 amide bonds. The molecule has 9 heteroatoms. The van der Waals surface area contributed by atoms with Crippen LogP contribution in [0.2, 0.25) is 23.3 Å². The van der Waals surface area contributed by atoms with Gasteiger partial charge in [0.25, 0.3) is 0 Å². The van der Waals surface area contributed by atoms with Crippen LogP contribution in [0.5, 0.6) is 5.88 Å². The lowest BCUT2D eigenvalue weighted by Gasteiger charge is -2.37. The standard InChI is InChI=1S/C20H32ClNO6Si/c1-18(2,3)29(7,8)25-11-13-15-16(28-19(4,5)27-15)20(23,26-13)12-9-10-14(21)22-17(12)24-6/h9-10,13,15-16,23H,11H2,1-8H3/t13-,15-,16-,20?/m1/s1. The first-order chi connectivity index (χ1) is 13.2. The largest absolute Gasteiger partial charge is 0.481 e. The van der Waals surface area contributed by atoms with Crippen LogP contribution in [0, 0.1) is 0 Å². The second-order valence-electron chi connectivity index (χ2n) is 9.64. The Morgan fingerprint density at radius 2 is 1.86 bits per heavy atom. The molecule has 0 aromatic carbocycles.